The van der Waals surface area contributed by atoms with E-state index in [0.717, 1.165) is 28.2 Å². The maximum Gasteiger partial charge on any atom is 0.229 e. The lowest BCUT2D eigenvalue weighted by atomic mass is 10.1. The number of sulfonamides is 1. The molecule has 0 aliphatic rings. The molecule has 1 heterocycles. The van der Waals surface area contributed by atoms with Crippen LogP contribution >= 0.6 is 11.6 Å². The normalized spacial score (nSPS) is 12.8. The summed E-state index contributed by atoms with van der Waals surface area (Å²) >= 11 is 6.02. The Kier molecular flexibility index (Phi) is 6.57. The molecule has 0 bridgehead atoms. The molecule has 0 aliphatic carbocycles. The van der Waals surface area contributed by atoms with Gasteiger partial charge in [-0.1, -0.05) is 35.9 Å². The van der Waals surface area contributed by atoms with E-state index in [9.17, 15) is 13.5 Å². The van der Waals surface area contributed by atoms with Crippen molar-refractivity contribution in [3.05, 3.63) is 71.2 Å². The molecule has 0 saturated carbocycles. The summed E-state index contributed by atoms with van der Waals surface area (Å²) in [5.41, 5.74) is 2.39. The van der Waals surface area contributed by atoms with Gasteiger partial charge < -0.3 is 19.6 Å². The number of rotatable bonds is 9. The van der Waals surface area contributed by atoms with Crippen molar-refractivity contribution >= 4 is 49.3 Å². The number of anilines is 1. The Morgan fingerprint density at radius 2 is 1.84 bits per heavy atom. The molecule has 3 aromatic carbocycles. The van der Waals surface area contributed by atoms with Crippen LogP contribution in [0, 0.1) is 0 Å². The highest BCUT2D eigenvalue weighted by molar-refractivity contribution is 7.92. The van der Waals surface area contributed by atoms with Crippen molar-refractivity contribution in [3.8, 4) is 5.75 Å². The highest BCUT2D eigenvalue weighted by atomic mass is 35.5. The van der Waals surface area contributed by atoms with Crippen molar-refractivity contribution in [1.82, 2.24) is 5.32 Å². The molecule has 0 radical (unpaired) electrons. The molecule has 1 aromatic heterocycles. The van der Waals surface area contributed by atoms with Gasteiger partial charge in [-0.3, -0.25) is 4.72 Å². The Hall–Kier alpha value is -2.78. The number of halogens is 1. The molecule has 3 N–H and O–H groups in total. The van der Waals surface area contributed by atoms with E-state index < -0.39 is 16.1 Å². The highest BCUT2D eigenvalue weighted by Crippen LogP contribution is 2.31. The minimum atomic E-state index is -3.47. The van der Waals surface area contributed by atoms with Crippen LogP contribution in [0.4, 0.5) is 5.69 Å². The van der Waals surface area contributed by atoms with Crippen LogP contribution in [0.25, 0.3) is 21.9 Å². The molecule has 0 fully saturated rings. The van der Waals surface area contributed by atoms with Crippen molar-refractivity contribution in [2.24, 2.45) is 0 Å². The number of aliphatic hydroxyl groups is 1. The zero-order valence-electron chi connectivity index (χ0n) is 17.3. The molecule has 0 amide bonds. The van der Waals surface area contributed by atoms with Crippen molar-refractivity contribution in [2.75, 3.05) is 30.7 Å². The van der Waals surface area contributed by atoms with Crippen molar-refractivity contribution < 1.29 is 22.7 Å². The summed E-state index contributed by atoms with van der Waals surface area (Å²) in [6, 6.07) is 18.4. The molecule has 32 heavy (non-hydrogen) atoms. The van der Waals surface area contributed by atoms with Gasteiger partial charge in [-0.15, -0.1) is 0 Å². The van der Waals surface area contributed by atoms with Gasteiger partial charge in [-0.05, 0) is 35.9 Å². The third kappa shape index (κ3) is 5.34. The Morgan fingerprint density at radius 3 is 2.66 bits per heavy atom. The van der Waals surface area contributed by atoms with Gasteiger partial charge in [-0.2, -0.15) is 0 Å². The topological polar surface area (TPSA) is 101 Å². The first-order valence-electron chi connectivity index (χ1n) is 10.0. The van der Waals surface area contributed by atoms with Gasteiger partial charge in [0.2, 0.25) is 10.0 Å². The molecule has 0 aliphatic heterocycles. The number of hydrogen-bond donors (Lipinski definition) is 3. The zero-order chi connectivity index (χ0) is 22.7. The third-order valence-corrected chi connectivity index (χ3v) is 5.83. The first-order chi connectivity index (χ1) is 15.3. The number of fused-ring (bicyclic) bond motifs is 3. The summed E-state index contributed by atoms with van der Waals surface area (Å²) in [7, 11) is -3.47. The number of aliphatic hydroxyl groups excluding tert-OH is 1. The fourth-order valence-corrected chi connectivity index (χ4v) is 4.21. The van der Waals surface area contributed by atoms with Gasteiger partial charge in [-0.25, -0.2) is 8.42 Å². The monoisotopic (exact) mass is 474 g/mol. The quantitative estimate of drug-likeness (QED) is 0.312. The second-order valence-electron chi connectivity index (χ2n) is 7.44. The fraction of sp³-hybridized carbons (Fsp3) is 0.217. The van der Waals surface area contributed by atoms with Crippen LogP contribution in [0.3, 0.4) is 0 Å². The van der Waals surface area contributed by atoms with E-state index in [-0.39, 0.29) is 17.3 Å². The average molecular weight is 475 g/mol. The second kappa shape index (κ2) is 9.38. The van der Waals surface area contributed by atoms with Gasteiger partial charge in [0.15, 0.2) is 0 Å². The van der Waals surface area contributed by atoms with E-state index in [0.29, 0.717) is 24.5 Å². The van der Waals surface area contributed by atoms with E-state index in [1.54, 1.807) is 12.1 Å². The number of furan rings is 1. The van der Waals surface area contributed by atoms with Gasteiger partial charge >= 0.3 is 0 Å². The lowest BCUT2D eigenvalue weighted by Gasteiger charge is -2.15. The summed E-state index contributed by atoms with van der Waals surface area (Å²) < 4.78 is 36.9. The Balaban J connectivity index is 1.29. The molecular formula is C23H23ClN2O5S. The molecule has 1 unspecified atom stereocenters. The van der Waals surface area contributed by atoms with Crippen LogP contribution in [-0.2, 0) is 10.0 Å². The molecule has 4 aromatic rings. The van der Waals surface area contributed by atoms with Gasteiger partial charge in [0.1, 0.15) is 23.5 Å². The number of hydrogen-bond acceptors (Lipinski definition) is 6. The molecular weight excluding hydrogens is 452 g/mol. The lowest BCUT2D eigenvalue weighted by Crippen LogP contribution is -2.26. The molecule has 4 rings (SSSR count). The summed E-state index contributed by atoms with van der Waals surface area (Å²) in [5, 5.41) is 15.9. The van der Waals surface area contributed by atoms with Crippen molar-refractivity contribution in [3.63, 3.8) is 0 Å². The summed E-state index contributed by atoms with van der Waals surface area (Å²) in [6.07, 6.45) is 0.208. The summed E-state index contributed by atoms with van der Waals surface area (Å²) in [4.78, 5) is 0. The smallest absolute Gasteiger partial charge is 0.229 e. The van der Waals surface area contributed by atoms with E-state index in [4.69, 9.17) is 20.8 Å². The summed E-state index contributed by atoms with van der Waals surface area (Å²) in [5.74, 6) is 0.702. The minimum absolute atomic E-state index is 0.232. The lowest BCUT2D eigenvalue weighted by molar-refractivity contribution is 0.172. The Labute approximate surface area is 191 Å². The molecule has 9 heteroatoms. The standard InChI is InChI=1S/C23H23ClN2O5S/c1-32(28,29)26-20-12-15(6-9-19(20)24)21(27)14-25-10-11-30-16-7-8-18-17-4-2-3-5-22(17)31-23(18)13-16/h2-9,12-13,21,25-27H,10-11,14H2,1H3. The Bertz CT molecular complexity index is 1350. The molecule has 1 atom stereocenters. The maximum absolute atomic E-state index is 11.4. The minimum Gasteiger partial charge on any atom is -0.492 e. The third-order valence-electron chi connectivity index (χ3n) is 4.91. The van der Waals surface area contributed by atoms with Crippen LogP contribution < -0.4 is 14.8 Å². The van der Waals surface area contributed by atoms with E-state index in [2.05, 4.69) is 10.0 Å². The fourth-order valence-electron chi connectivity index (χ4n) is 3.42. The molecule has 7 nitrogen and oxygen atoms in total. The predicted molar refractivity (Wildman–Crippen MR) is 127 cm³/mol. The van der Waals surface area contributed by atoms with Crippen molar-refractivity contribution in [1.29, 1.82) is 0 Å². The number of nitrogens with one attached hydrogen (secondary N) is 2. The van der Waals surface area contributed by atoms with Crippen LogP contribution in [0.1, 0.15) is 11.7 Å². The molecule has 0 saturated heterocycles. The van der Waals surface area contributed by atoms with Gasteiger partial charge in [0, 0.05) is 29.9 Å². The Morgan fingerprint density at radius 1 is 1.06 bits per heavy atom. The largest absolute Gasteiger partial charge is 0.492 e. The summed E-state index contributed by atoms with van der Waals surface area (Å²) in [6.45, 7) is 1.18. The van der Waals surface area contributed by atoms with E-state index >= 15 is 0 Å². The van der Waals surface area contributed by atoms with Gasteiger partial charge in [0.05, 0.1) is 23.1 Å². The van der Waals surface area contributed by atoms with Crippen LogP contribution in [0.2, 0.25) is 5.02 Å². The van der Waals surface area contributed by atoms with Crippen molar-refractivity contribution in [2.45, 2.75) is 6.10 Å². The molecule has 168 valence electrons. The number of para-hydroxylation sites is 1. The predicted octanol–water partition coefficient (Wildman–Crippen LogP) is 4.31. The first kappa shape index (κ1) is 22.4. The number of ether oxygens (including phenoxy) is 1. The van der Waals surface area contributed by atoms with Crippen LogP contribution in [0.15, 0.2) is 65.1 Å². The van der Waals surface area contributed by atoms with Crippen LogP contribution in [-0.4, -0.2) is 39.5 Å². The average Bonchev–Trinajstić information content (AvgIpc) is 3.11. The molecule has 0 spiro atoms. The zero-order valence-corrected chi connectivity index (χ0v) is 18.9. The second-order valence-corrected chi connectivity index (χ2v) is 9.59. The maximum atomic E-state index is 11.4. The van der Waals surface area contributed by atoms with E-state index in [1.807, 2.05) is 42.5 Å². The number of benzene rings is 3. The van der Waals surface area contributed by atoms with Gasteiger partial charge in [0.25, 0.3) is 0 Å². The van der Waals surface area contributed by atoms with Crippen LogP contribution in [0.5, 0.6) is 5.75 Å². The first-order valence-corrected chi connectivity index (χ1v) is 12.3. The highest BCUT2D eigenvalue weighted by Gasteiger charge is 2.12. The SMILES string of the molecule is CS(=O)(=O)Nc1cc(C(O)CNCCOc2ccc3c(c2)oc2ccccc23)ccc1Cl. The van der Waals surface area contributed by atoms with E-state index in [1.165, 1.54) is 6.07 Å².